The monoisotopic (exact) mass is 332 g/mol. The third-order valence-corrected chi connectivity index (χ3v) is 4.01. The van der Waals surface area contributed by atoms with Crippen LogP contribution in [0.4, 0.5) is 0 Å². The van der Waals surface area contributed by atoms with Crippen LogP contribution in [0.3, 0.4) is 0 Å². The highest BCUT2D eigenvalue weighted by atomic mass is 35.5. The second-order valence-corrected chi connectivity index (χ2v) is 5.98. The Kier molecular flexibility index (Phi) is 4.67. The van der Waals surface area contributed by atoms with E-state index in [1.807, 2.05) is 12.1 Å². The van der Waals surface area contributed by atoms with E-state index in [9.17, 15) is 4.79 Å². The van der Waals surface area contributed by atoms with Gasteiger partial charge < -0.3 is 9.15 Å². The minimum absolute atomic E-state index is 0.163. The standard InChI is InChI=1S/C17H17ClN2O3/c1-11-8-13(11)15-7-6-12(23-15)9-19-20-17(21)10-22-16-5-3-2-4-14(16)18/h2-7,9,11,13H,8,10H2,1H3,(H,20,21)/b19-9-/t11-,13-/m0/s1. The quantitative estimate of drug-likeness (QED) is 0.649. The molecule has 0 radical (unpaired) electrons. The number of para-hydroxylation sites is 1. The van der Waals surface area contributed by atoms with E-state index in [2.05, 4.69) is 17.5 Å². The van der Waals surface area contributed by atoms with Gasteiger partial charge >= 0.3 is 0 Å². The van der Waals surface area contributed by atoms with Gasteiger partial charge in [0.15, 0.2) is 6.61 Å². The SMILES string of the molecule is C[C@H]1C[C@@H]1c1ccc(/C=N\NC(=O)COc2ccccc2Cl)o1. The van der Waals surface area contributed by atoms with Crippen molar-refractivity contribution in [1.29, 1.82) is 0 Å². The van der Waals surface area contributed by atoms with Gasteiger partial charge in [0.2, 0.25) is 0 Å². The molecule has 120 valence electrons. The molecule has 3 rings (SSSR count). The van der Waals surface area contributed by atoms with Crippen LogP contribution in [-0.4, -0.2) is 18.7 Å². The molecule has 1 amide bonds. The minimum atomic E-state index is -0.372. The van der Waals surface area contributed by atoms with Crippen molar-refractivity contribution in [2.75, 3.05) is 6.61 Å². The molecular formula is C17H17ClN2O3. The average molecular weight is 333 g/mol. The van der Waals surface area contributed by atoms with Crippen LogP contribution in [0.15, 0.2) is 45.9 Å². The third kappa shape index (κ3) is 4.13. The van der Waals surface area contributed by atoms with Crippen LogP contribution in [0.5, 0.6) is 5.75 Å². The summed E-state index contributed by atoms with van der Waals surface area (Å²) in [6, 6.07) is 10.8. The molecule has 6 heteroatoms. The molecule has 2 aromatic rings. The van der Waals surface area contributed by atoms with E-state index in [1.165, 1.54) is 12.6 Å². The van der Waals surface area contributed by atoms with Gasteiger partial charge in [-0.15, -0.1) is 0 Å². The van der Waals surface area contributed by atoms with Crippen molar-refractivity contribution < 1.29 is 13.9 Å². The molecule has 1 aromatic heterocycles. The number of hydrogen-bond donors (Lipinski definition) is 1. The minimum Gasteiger partial charge on any atom is -0.482 e. The molecule has 1 aliphatic rings. The summed E-state index contributed by atoms with van der Waals surface area (Å²) >= 11 is 5.94. The Balaban J connectivity index is 1.45. The molecule has 1 aromatic carbocycles. The number of halogens is 1. The number of ether oxygens (including phenoxy) is 1. The average Bonchev–Trinajstić information content (AvgIpc) is 3.08. The van der Waals surface area contributed by atoms with Crippen molar-refractivity contribution >= 4 is 23.7 Å². The van der Waals surface area contributed by atoms with Crippen LogP contribution in [-0.2, 0) is 4.79 Å². The first-order chi connectivity index (χ1) is 11.1. The molecule has 1 saturated carbocycles. The lowest BCUT2D eigenvalue weighted by molar-refractivity contribution is -0.123. The maximum atomic E-state index is 11.7. The van der Waals surface area contributed by atoms with E-state index < -0.39 is 0 Å². The van der Waals surface area contributed by atoms with Crippen LogP contribution in [0.2, 0.25) is 5.02 Å². The van der Waals surface area contributed by atoms with Gasteiger partial charge in [-0.05, 0) is 36.6 Å². The molecule has 1 fully saturated rings. The van der Waals surface area contributed by atoms with Crippen LogP contribution in [0.25, 0.3) is 0 Å². The third-order valence-electron chi connectivity index (χ3n) is 3.70. The second-order valence-electron chi connectivity index (χ2n) is 5.57. The Morgan fingerprint density at radius 1 is 1.43 bits per heavy atom. The van der Waals surface area contributed by atoms with E-state index in [0.717, 1.165) is 5.76 Å². The summed E-state index contributed by atoms with van der Waals surface area (Å²) in [7, 11) is 0. The summed E-state index contributed by atoms with van der Waals surface area (Å²) in [5, 5.41) is 4.32. The lowest BCUT2D eigenvalue weighted by atomic mass is 10.3. The highest BCUT2D eigenvalue weighted by molar-refractivity contribution is 6.32. The van der Waals surface area contributed by atoms with Gasteiger partial charge in [-0.25, -0.2) is 5.43 Å². The molecule has 0 unspecified atom stereocenters. The summed E-state index contributed by atoms with van der Waals surface area (Å²) in [6.45, 7) is 2.03. The van der Waals surface area contributed by atoms with Crippen molar-refractivity contribution in [1.82, 2.24) is 5.43 Å². The Labute approximate surface area is 139 Å². The summed E-state index contributed by atoms with van der Waals surface area (Å²) in [5.41, 5.74) is 2.39. The smallest absolute Gasteiger partial charge is 0.277 e. The first kappa shape index (κ1) is 15.6. The van der Waals surface area contributed by atoms with Gasteiger partial charge in [0, 0.05) is 5.92 Å². The van der Waals surface area contributed by atoms with E-state index in [-0.39, 0.29) is 12.5 Å². The fourth-order valence-electron chi connectivity index (χ4n) is 2.26. The van der Waals surface area contributed by atoms with Crippen molar-refractivity contribution in [3.8, 4) is 5.75 Å². The molecule has 23 heavy (non-hydrogen) atoms. The molecule has 0 aliphatic heterocycles. The molecular weight excluding hydrogens is 316 g/mol. The van der Waals surface area contributed by atoms with Gasteiger partial charge in [0.1, 0.15) is 17.3 Å². The largest absolute Gasteiger partial charge is 0.482 e. The first-order valence-electron chi connectivity index (χ1n) is 7.42. The first-order valence-corrected chi connectivity index (χ1v) is 7.80. The van der Waals surface area contributed by atoms with Crippen LogP contribution >= 0.6 is 11.6 Å². The van der Waals surface area contributed by atoms with Crippen molar-refractivity contribution in [2.24, 2.45) is 11.0 Å². The number of nitrogens with zero attached hydrogens (tertiary/aromatic N) is 1. The van der Waals surface area contributed by atoms with Crippen molar-refractivity contribution in [2.45, 2.75) is 19.3 Å². The Morgan fingerprint density at radius 3 is 2.96 bits per heavy atom. The molecule has 0 spiro atoms. The van der Waals surface area contributed by atoms with Crippen LogP contribution < -0.4 is 10.2 Å². The molecule has 1 aliphatic carbocycles. The number of carbonyl (C=O) groups excluding carboxylic acids is 1. The maximum absolute atomic E-state index is 11.7. The predicted molar refractivity (Wildman–Crippen MR) is 87.9 cm³/mol. The molecule has 1 N–H and O–H groups in total. The lowest BCUT2D eigenvalue weighted by Crippen LogP contribution is -2.24. The number of rotatable bonds is 6. The van der Waals surface area contributed by atoms with Crippen LogP contribution in [0.1, 0.15) is 30.8 Å². The second kappa shape index (κ2) is 6.87. The van der Waals surface area contributed by atoms with Gasteiger partial charge in [0.05, 0.1) is 11.2 Å². The molecule has 2 atom stereocenters. The number of benzene rings is 1. The number of carbonyl (C=O) groups is 1. The van der Waals surface area contributed by atoms with Crippen molar-refractivity contribution in [3.63, 3.8) is 0 Å². The van der Waals surface area contributed by atoms with E-state index >= 15 is 0 Å². The van der Waals surface area contributed by atoms with E-state index in [1.54, 1.807) is 24.3 Å². The fraction of sp³-hybridized carbons (Fsp3) is 0.294. The highest BCUT2D eigenvalue weighted by Gasteiger charge is 2.36. The Morgan fingerprint density at radius 2 is 2.22 bits per heavy atom. The van der Waals surface area contributed by atoms with Gasteiger partial charge in [-0.3, -0.25) is 4.79 Å². The maximum Gasteiger partial charge on any atom is 0.277 e. The number of hydrogen-bond acceptors (Lipinski definition) is 4. The summed E-state index contributed by atoms with van der Waals surface area (Å²) in [4.78, 5) is 11.7. The summed E-state index contributed by atoms with van der Waals surface area (Å²) in [5.74, 6) is 2.90. The number of nitrogens with one attached hydrogen (secondary N) is 1. The number of hydrazone groups is 1. The normalized spacial score (nSPS) is 19.7. The van der Waals surface area contributed by atoms with Gasteiger partial charge in [0.25, 0.3) is 5.91 Å². The Hall–Kier alpha value is -2.27. The van der Waals surface area contributed by atoms with Crippen LogP contribution in [0, 0.1) is 5.92 Å². The predicted octanol–water partition coefficient (Wildman–Crippen LogP) is 3.59. The zero-order valence-electron chi connectivity index (χ0n) is 12.7. The molecule has 0 bridgehead atoms. The topological polar surface area (TPSA) is 63.8 Å². The molecule has 1 heterocycles. The zero-order chi connectivity index (χ0) is 16.2. The number of amides is 1. The van der Waals surface area contributed by atoms with Gasteiger partial charge in [-0.1, -0.05) is 30.7 Å². The lowest BCUT2D eigenvalue weighted by Gasteiger charge is -2.05. The molecule has 0 saturated heterocycles. The number of furan rings is 1. The summed E-state index contributed by atoms with van der Waals surface area (Å²) in [6.07, 6.45) is 2.64. The van der Waals surface area contributed by atoms with E-state index in [4.69, 9.17) is 20.8 Å². The van der Waals surface area contributed by atoms with E-state index in [0.29, 0.717) is 28.4 Å². The van der Waals surface area contributed by atoms with Crippen molar-refractivity contribution in [3.05, 3.63) is 52.9 Å². The van der Waals surface area contributed by atoms with Gasteiger partial charge in [-0.2, -0.15) is 5.10 Å². The zero-order valence-corrected chi connectivity index (χ0v) is 13.4. The fourth-order valence-corrected chi connectivity index (χ4v) is 2.45. The molecule has 5 nitrogen and oxygen atoms in total. The summed E-state index contributed by atoms with van der Waals surface area (Å²) < 4.78 is 11.0. The highest BCUT2D eigenvalue weighted by Crippen LogP contribution is 2.47. The Bertz CT molecular complexity index is 726.